The van der Waals surface area contributed by atoms with Crippen LogP contribution in [0.25, 0.3) is 0 Å². The Bertz CT molecular complexity index is 457. The highest BCUT2D eigenvalue weighted by Gasteiger charge is 2.07. The Hall–Kier alpha value is -1.88. The second-order valence-corrected chi connectivity index (χ2v) is 5.15. The Kier molecular flexibility index (Phi) is 7.46. The molecule has 0 bridgehead atoms. The Morgan fingerprint density at radius 1 is 1.19 bits per heavy atom. The first-order valence-electron chi connectivity index (χ1n) is 7.33. The van der Waals surface area contributed by atoms with Gasteiger partial charge in [0, 0.05) is 25.7 Å². The molecule has 0 atom stereocenters. The summed E-state index contributed by atoms with van der Waals surface area (Å²) in [6.45, 7) is 3.89. The first-order chi connectivity index (χ1) is 10.1. The fraction of sp³-hybridized carbons (Fsp3) is 0.500. The van der Waals surface area contributed by atoms with Crippen LogP contribution in [0.3, 0.4) is 0 Å². The summed E-state index contributed by atoms with van der Waals surface area (Å²) in [5.74, 6) is -0.0434. The normalized spacial score (nSPS) is 10.5. The molecule has 1 rings (SSSR count). The summed E-state index contributed by atoms with van der Waals surface area (Å²) < 4.78 is 0. The van der Waals surface area contributed by atoms with Crippen LogP contribution in [0.2, 0.25) is 0 Å². The molecule has 0 saturated heterocycles. The largest absolute Gasteiger partial charge is 0.355 e. The number of nitrogens with one attached hydrogen (secondary N) is 2. The van der Waals surface area contributed by atoms with Crippen LogP contribution in [0.15, 0.2) is 24.3 Å². The molecule has 0 radical (unpaired) electrons. The van der Waals surface area contributed by atoms with E-state index in [2.05, 4.69) is 17.6 Å². The number of unbranched alkanes of at least 4 members (excludes halogenated alkanes) is 1. The van der Waals surface area contributed by atoms with Crippen LogP contribution in [0, 0.1) is 0 Å². The quantitative estimate of drug-likeness (QED) is 0.712. The number of likely N-dealkylation sites (N-methyl/N-ethyl adjacent to an activating group) is 1. The molecule has 0 unspecified atom stereocenters. The summed E-state index contributed by atoms with van der Waals surface area (Å²) in [5.41, 5.74) is 1.72. The zero-order valence-electron chi connectivity index (χ0n) is 13.1. The number of hydrogen-bond acceptors (Lipinski definition) is 3. The second kappa shape index (κ2) is 9.13. The smallest absolute Gasteiger partial charge is 0.251 e. The molecule has 0 heterocycles. The molecule has 0 aromatic heterocycles. The van der Waals surface area contributed by atoms with Crippen LogP contribution in [0.5, 0.6) is 0 Å². The Labute approximate surface area is 126 Å². The van der Waals surface area contributed by atoms with Gasteiger partial charge in [0.1, 0.15) is 0 Å². The van der Waals surface area contributed by atoms with Gasteiger partial charge in [-0.25, -0.2) is 0 Å². The van der Waals surface area contributed by atoms with E-state index >= 15 is 0 Å². The fourth-order valence-electron chi connectivity index (χ4n) is 1.98. The van der Waals surface area contributed by atoms with Crippen LogP contribution in [0.4, 0.5) is 0 Å². The van der Waals surface area contributed by atoms with E-state index in [4.69, 9.17) is 0 Å². The summed E-state index contributed by atoms with van der Waals surface area (Å²) in [7, 11) is 3.52. The topological polar surface area (TPSA) is 61.4 Å². The van der Waals surface area contributed by atoms with Crippen LogP contribution >= 0.6 is 0 Å². The molecule has 1 aromatic rings. The summed E-state index contributed by atoms with van der Waals surface area (Å²) >= 11 is 0. The average molecular weight is 291 g/mol. The highest BCUT2D eigenvalue weighted by molar-refractivity contribution is 5.93. The zero-order chi connectivity index (χ0) is 15.7. The third-order valence-corrected chi connectivity index (χ3v) is 3.16. The number of hydrogen-bond donors (Lipinski definition) is 2. The van der Waals surface area contributed by atoms with Crippen molar-refractivity contribution in [2.45, 2.75) is 26.3 Å². The van der Waals surface area contributed by atoms with Crippen molar-refractivity contribution in [1.29, 1.82) is 0 Å². The SMILES string of the molecule is CCCCNC(=O)CN(C)Cc1ccc(C(=O)NC)cc1. The Balaban J connectivity index is 2.42. The van der Waals surface area contributed by atoms with Gasteiger partial charge in [0.05, 0.1) is 6.54 Å². The molecule has 0 aliphatic heterocycles. The number of rotatable bonds is 8. The Morgan fingerprint density at radius 3 is 2.43 bits per heavy atom. The number of carbonyl (C=O) groups excluding carboxylic acids is 2. The second-order valence-electron chi connectivity index (χ2n) is 5.15. The van der Waals surface area contributed by atoms with Gasteiger partial charge in [0.2, 0.25) is 5.91 Å². The predicted molar refractivity (Wildman–Crippen MR) is 84.1 cm³/mol. The maximum Gasteiger partial charge on any atom is 0.251 e. The van der Waals surface area contributed by atoms with Gasteiger partial charge in [-0.05, 0) is 31.2 Å². The molecule has 0 saturated carbocycles. The fourth-order valence-corrected chi connectivity index (χ4v) is 1.98. The van der Waals surface area contributed by atoms with E-state index in [0.29, 0.717) is 18.7 Å². The maximum atomic E-state index is 11.7. The molecule has 0 spiro atoms. The van der Waals surface area contributed by atoms with Crippen molar-refractivity contribution in [3.8, 4) is 0 Å². The van der Waals surface area contributed by atoms with Crippen molar-refractivity contribution in [2.24, 2.45) is 0 Å². The monoisotopic (exact) mass is 291 g/mol. The molecular formula is C16H25N3O2. The molecule has 2 amide bonds. The van der Waals surface area contributed by atoms with Crippen molar-refractivity contribution >= 4 is 11.8 Å². The highest BCUT2D eigenvalue weighted by atomic mass is 16.2. The minimum atomic E-state index is -0.0924. The summed E-state index contributed by atoms with van der Waals surface area (Å²) in [6, 6.07) is 7.42. The van der Waals surface area contributed by atoms with E-state index in [0.717, 1.165) is 24.9 Å². The number of benzene rings is 1. The molecule has 2 N–H and O–H groups in total. The standard InChI is InChI=1S/C16H25N3O2/c1-4-5-10-18-15(20)12-19(3)11-13-6-8-14(9-7-13)16(21)17-2/h6-9H,4-5,10-12H2,1-3H3,(H,17,21)(H,18,20). The van der Waals surface area contributed by atoms with Crippen LogP contribution in [-0.2, 0) is 11.3 Å². The van der Waals surface area contributed by atoms with Gasteiger partial charge in [-0.3, -0.25) is 14.5 Å². The number of amides is 2. The number of nitrogens with zero attached hydrogens (tertiary/aromatic N) is 1. The predicted octanol–water partition coefficient (Wildman–Crippen LogP) is 1.39. The zero-order valence-corrected chi connectivity index (χ0v) is 13.1. The van der Waals surface area contributed by atoms with Crippen molar-refractivity contribution in [3.05, 3.63) is 35.4 Å². The minimum absolute atomic E-state index is 0.0490. The molecule has 0 aliphatic carbocycles. The minimum Gasteiger partial charge on any atom is -0.355 e. The molecular weight excluding hydrogens is 266 g/mol. The Morgan fingerprint density at radius 2 is 1.86 bits per heavy atom. The molecule has 116 valence electrons. The lowest BCUT2D eigenvalue weighted by molar-refractivity contribution is -0.122. The van der Waals surface area contributed by atoms with E-state index in [-0.39, 0.29) is 11.8 Å². The van der Waals surface area contributed by atoms with Crippen LogP contribution < -0.4 is 10.6 Å². The van der Waals surface area contributed by atoms with Gasteiger partial charge < -0.3 is 10.6 Å². The van der Waals surface area contributed by atoms with Gasteiger partial charge in [-0.1, -0.05) is 25.5 Å². The summed E-state index contributed by atoms with van der Waals surface area (Å²) in [4.78, 5) is 25.1. The van der Waals surface area contributed by atoms with Crippen LogP contribution in [0.1, 0.15) is 35.7 Å². The molecule has 1 aromatic carbocycles. The summed E-state index contributed by atoms with van der Waals surface area (Å²) in [6.07, 6.45) is 2.09. The van der Waals surface area contributed by atoms with E-state index < -0.39 is 0 Å². The lowest BCUT2D eigenvalue weighted by Gasteiger charge is -2.16. The van der Waals surface area contributed by atoms with E-state index in [1.807, 2.05) is 24.1 Å². The van der Waals surface area contributed by atoms with E-state index in [1.165, 1.54) is 0 Å². The van der Waals surface area contributed by atoms with Gasteiger partial charge >= 0.3 is 0 Å². The first-order valence-corrected chi connectivity index (χ1v) is 7.33. The van der Waals surface area contributed by atoms with Gasteiger partial charge in [-0.2, -0.15) is 0 Å². The third-order valence-electron chi connectivity index (χ3n) is 3.16. The molecule has 5 heteroatoms. The van der Waals surface area contributed by atoms with E-state index in [9.17, 15) is 9.59 Å². The lowest BCUT2D eigenvalue weighted by Crippen LogP contribution is -2.35. The summed E-state index contributed by atoms with van der Waals surface area (Å²) in [5, 5.41) is 5.49. The maximum absolute atomic E-state index is 11.7. The highest BCUT2D eigenvalue weighted by Crippen LogP contribution is 2.06. The van der Waals surface area contributed by atoms with Gasteiger partial charge in [-0.15, -0.1) is 0 Å². The van der Waals surface area contributed by atoms with Crippen LogP contribution in [-0.4, -0.2) is 43.9 Å². The van der Waals surface area contributed by atoms with Gasteiger partial charge in [0.15, 0.2) is 0 Å². The first kappa shape index (κ1) is 17.2. The molecule has 21 heavy (non-hydrogen) atoms. The third kappa shape index (κ3) is 6.40. The van der Waals surface area contributed by atoms with Gasteiger partial charge in [0.25, 0.3) is 5.91 Å². The number of carbonyl (C=O) groups is 2. The average Bonchev–Trinajstić information content (AvgIpc) is 2.47. The molecule has 0 aliphatic rings. The van der Waals surface area contributed by atoms with Crippen molar-refractivity contribution < 1.29 is 9.59 Å². The van der Waals surface area contributed by atoms with Crippen molar-refractivity contribution in [3.63, 3.8) is 0 Å². The molecule has 0 fully saturated rings. The van der Waals surface area contributed by atoms with E-state index in [1.54, 1.807) is 19.2 Å². The lowest BCUT2D eigenvalue weighted by atomic mass is 10.1. The van der Waals surface area contributed by atoms with Crippen molar-refractivity contribution in [2.75, 3.05) is 27.2 Å². The molecule has 5 nitrogen and oxygen atoms in total. The van der Waals surface area contributed by atoms with Crippen molar-refractivity contribution in [1.82, 2.24) is 15.5 Å².